The molecule has 0 bridgehead atoms. The van der Waals surface area contributed by atoms with E-state index < -0.39 is 0 Å². The van der Waals surface area contributed by atoms with Crippen molar-refractivity contribution in [3.63, 3.8) is 0 Å². The van der Waals surface area contributed by atoms with Crippen LogP contribution in [0.2, 0.25) is 5.02 Å². The van der Waals surface area contributed by atoms with Crippen LogP contribution >= 0.6 is 11.6 Å². The number of halogens is 1. The Bertz CT molecular complexity index is 704. The monoisotopic (exact) mass is 334 g/mol. The Morgan fingerprint density at radius 1 is 1.04 bits per heavy atom. The normalized spacial score (nSPS) is 10.1. The van der Waals surface area contributed by atoms with E-state index in [1.165, 1.54) is 14.2 Å². The fourth-order valence-electron chi connectivity index (χ4n) is 2.18. The summed E-state index contributed by atoms with van der Waals surface area (Å²) < 4.78 is 10.4. The molecule has 0 fully saturated rings. The molecule has 122 valence electrons. The van der Waals surface area contributed by atoms with E-state index in [2.05, 4.69) is 10.6 Å². The number of rotatable bonds is 5. The van der Waals surface area contributed by atoms with Crippen molar-refractivity contribution >= 4 is 29.0 Å². The van der Waals surface area contributed by atoms with E-state index in [0.29, 0.717) is 22.2 Å². The van der Waals surface area contributed by atoms with Gasteiger partial charge in [0.05, 0.1) is 24.9 Å². The second-order valence-corrected chi connectivity index (χ2v) is 5.18. The van der Waals surface area contributed by atoms with Crippen molar-refractivity contribution in [3.05, 3.63) is 47.0 Å². The Hall–Kier alpha value is -2.40. The zero-order chi connectivity index (χ0) is 16.8. The molecule has 0 heterocycles. The number of carbonyl (C=O) groups is 1. The van der Waals surface area contributed by atoms with Gasteiger partial charge in [-0.1, -0.05) is 36.7 Å². The Labute approximate surface area is 140 Å². The number of benzene rings is 2. The molecule has 0 unspecified atom stereocenters. The number of urea groups is 1. The summed E-state index contributed by atoms with van der Waals surface area (Å²) in [4.78, 5) is 12.3. The van der Waals surface area contributed by atoms with Gasteiger partial charge in [0.15, 0.2) is 0 Å². The number of nitrogens with one attached hydrogen (secondary N) is 2. The third-order valence-corrected chi connectivity index (χ3v) is 3.66. The van der Waals surface area contributed by atoms with Gasteiger partial charge in [-0.2, -0.15) is 0 Å². The van der Waals surface area contributed by atoms with Crippen LogP contribution in [0.25, 0.3) is 0 Å². The van der Waals surface area contributed by atoms with Crippen LogP contribution in [0, 0.1) is 0 Å². The van der Waals surface area contributed by atoms with Gasteiger partial charge < -0.3 is 20.1 Å². The van der Waals surface area contributed by atoms with Gasteiger partial charge in [0.1, 0.15) is 11.5 Å². The molecule has 0 saturated heterocycles. The van der Waals surface area contributed by atoms with Crippen LogP contribution in [0.5, 0.6) is 11.5 Å². The maximum Gasteiger partial charge on any atom is 0.323 e. The molecule has 0 saturated carbocycles. The lowest BCUT2D eigenvalue weighted by atomic mass is 10.1. The van der Waals surface area contributed by atoms with Crippen LogP contribution < -0.4 is 20.1 Å². The van der Waals surface area contributed by atoms with Gasteiger partial charge >= 0.3 is 6.03 Å². The number of anilines is 2. The Morgan fingerprint density at radius 3 is 2.35 bits per heavy atom. The van der Waals surface area contributed by atoms with Crippen LogP contribution in [0.4, 0.5) is 16.2 Å². The molecule has 5 nitrogen and oxygen atoms in total. The van der Waals surface area contributed by atoms with Crippen molar-refractivity contribution < 1.29 is 14.3 Å². The number of methoxy groups -OCH3 is 2. The smallest absolute Gasteiger partial charge is 0.323 e. The van der Waals surface area contributed by atoms with Gasteiger partial charge in [-0.15, -0.1) is 0 Å². The maximum atomic E-state index is 12.3. The number of hydrogen-bond donors (Lipinski definition) is 2. The van der Waals surface area contributed by atoms with E-state index in [1.807, 2.05) is 31.2 Å². The first kappa shape index (κ1) is 17.0. The SMILES string of the molecule is CCc1ccccc1NC(=O)Nc1cc(OC)c(Cl)cc1OC. The second-order valence-electron chi connectivity index (χ2n) is 4.78. The maximum absolute atomic E-state index is 12.3. The molecule has 23 heavy (non-hydrogen) atoms. The molecule has 6 heteroatoms. The van der Waals surface area contributed by atoms with Gasteiger partial charge in [-0.05, 0) is 18.1 Å². The number of para-hydroxylation sites is 1. The minimum absolute atomic E-state index is 0.367. The lowest BCUT2D eigenvalue weighted by Crippen LogP contribution is -2.20. The fraction of sp³-hybridized carbons (Fsp3) is 0.235. The zero-order valence-electron chi connectivity index (χ0n) is 13.3. The van der Waals surface area contributed by atoms with E-state index in [9.17, 15) is 4.79 Å². The molecule has 0 spiro atoms. The summed E-state index contributed by atoms with van der Waals surface area (Å²) in [5.41, 5.74) is 2.30. The summed E-state index contributed by atoms with van der Waals surface area (Å²) >= 11 is 6.05. The molecule has 0 atom stereocenters. The molecular formula is C17H19ClN2O3. The largest absolute Gasteiger partial charge is 0.495 e. The summed E-state index contributed by atoms with van der Waals surface area (Å²) in [6.07, 6.45) is 0.828. The van der Waals surface area contributed by atoms with Gasteiger partial charge in [-0.25, -0.2) is 4.79 Å². The van der Waals surface area contributed by atoms with Crippen molar-refractivity contribution in [2.45, 2.75) is 13.3 Å². The highest BCUT2D eigenvalue weighted by Gasteiger charge is 2.13. The standard InChI is InChI=1S/C17H19ClN2O3/c1-4-11-7-5-6-8-13(11)19-17(21)20-14-10-15(22-2)12(18)9-16(14)23-3/h5-10H,4H2,1-3H3,(H2,19,20,21). The minimum Gasteiger partial charge on any atom is -0.495 e. The predicted molar refractivity (Wildman–Crippen MR) is 93.0 cm³/mol. The van der Waals surface area contributed by atoms with Gasteiger partial charge in [0.25, 0.3) is 0 Å². The van der Waals surface area contributed by atoms with E-state index in [4.69, 9.17) is 21.1 Å². The highest BCUT2D eigenvalue weighted by Crippen LogP contribution is 2.35. The third kappa shape index (κ3) is 4.07. The van der Waals surface area contributed by atoms with E-state index in [1.54, 1.807) is 12.1 Å². The molecule has 2 rings (SSSR count). The first-order chi connectivity index (χ1) is 11.1. The second kappa shape index (κ2) is 7.74. The van der Waals surface area contributed by atoms with Crippen LogP contribution in [-0.2, 0) is 6.42 Å². The molecule has 2 amide bonds. The summed E-state index contributed by atoms with van der Waals surface area (Å²) in [5.74, 6) is 0.909. The summed E-state index contributed by atoms with van der Waals surface area (Å²) in [5, 5.41) is 5.99. The minimum atomic E-state index is -0.367. The highest BCUT2D eigenvalue weighted by molar-refractivity contribution is 6.32. The summed E-state index contributed by atoms with van der Waals surface area (Å²) in [6, 6.07) is 10.5. The lowest BCUT2D eigenvalue weighted by Gasteiger charge is -2.14. The first-order valence-electron chi connectivity index (χ1n) is 7.16. The van der Waals surface area contributed by atoms with Crippen molar-refractivity contribution in [3.8, 4) is 11.5 Å². The topological polar surface area (TPSA) is 59.6 Å². The number of hydrogen-bond acceptors (Lipinski definition) is 3. The molecule has 2 aromatic carbocycles. The van der Waals surface area contributed by atoms with Gasteiger partial charge in [0, 0.05) is 17.8 Å². The Morgan fingerprint density at radius 2 is 1.70 bits per heavy atom. The molecule has 0 aliphatic heterocycles. The molecule has 0 radical (unpaired) electrons. The van der Waals surface area contributed by atoms with Crippen LogP contribution in [0.15, 0.2) is 36.4 Å². The summed E-state index contributed by atoms with van der Waals surface area (Å²) in [7, 11) is 3.02. The van der Waals surface area contributed by atoms with Crippen molar-refractivity contribution in [1.29, 1.82) is 0 Å². The average Bonchev–Trinajstić information content (AvgIpc) is 2.56. The zero-order valence-corrected chi connectivity index (χ0v) is 14.0. The van der Waals surface area contributed by atoms with Crippen molar-refractivity contribution in [1.82, 2.24) is 0 Å². The van der Waals surface area contributed by atoms with Gasteiger partial charge in [0.2, 0.25) is 0 Å². The van der Waals surface area contributed by atoms with Crippen molar-refractivity contribution in [2.24, 2.45) is 0 Å². The van der Waals surface area contributed by atoms with Crippen molar-refractivity contribution in [2.75, 3.05) is 24.9 Å². The van der Waals surface area contributed by atoms with Crippen LogP contribution in [-0.4, -0.2) is 20.3 Å². The lowest BCUT2D eigenvalue weighted by molar-refractivity contribution is 0.262. The van der Waals surface area contributed by atoms with Crippen LogP contribution in [0.1, 0.15) is 12.5 Å². The molecule has 2 N–H and O–H groups in total. The Balaban J connectivity index is 2.20. The van der Waals surface area contributed by atoms with E-state index in [0.717, 1.165) is 17.7 Å². The van der Waals surface area contributed by atoms with Crippen LogP contribution in [0.3, 0.4) is 0 Å². The van der Waals surface area contributed by atoms with Gasteiger partial charge in [-0.3, -0.25) is 0 Å². The number of ether oxygens (including phenoxy) is 2. The number of amides is 2. The first-order valence-corrected chi connectivity index (χ1v) is 7.54. The van der Waals surface area contributed by atoms with E-state index >= 15 is 0 Å². The number of aryl methyl sites for hydroxylation is 1. The molecule has 0 aromatic heterocycles. The summed E-state index contributed by atoms with van der Waals surface area (Å²) in [6.45, 7) is 2.03. The molecule has 0 aliphatic carbocycles. The highest BCUT2D eigenvalue weighted by atomic mass is 35.5. The van der Waals surface area contributed by atoms with E-state index in [-0.39, 0.29) is 6.03 Å². The molecule has 2 aromatic rings. The Kier molecular flexibility index (Phi) is 5.71. The molecule has 0 aliphatic rings. The average molecular weight is 335 g/mol. The predicted octanol–water partition coefficient (Wildman–Crippen LogP) is 4.56. The molecular weight excluding hydrogens is 316 g/mol. The number of carbonyl (C=O) groups excluding carboxylic acids is 1. The third-order valence-electron chi connectivity index (χ3n) is 3.37. The quantitative estimate of drug-likeness (QED) is 0.842. The fourth-order valence-corrected chi connectivity index (χ4v) is 2.42.